The maximum atomic E-state index is 11.0. The maximum absolute atomic E-state index is 11.0. The van der Waals surface area contributed by atoms with Gasteiger partial charge in [-0.3, -0.25) is 8.37 Å². The standard InChI is InChI=1S/C14H29NO6S2/c1-22(16,17)20-12-6-10-15(14-8-4-3-5-9-14)11-7-13-21-23(2,18)19/h14H,3-13H2,1-2H3. The molecule has 0 heterocycles. The number of nitrogens with zero attached hydrogens (tertiary/aromatic N) is 1. The zero-order valence-corrected chi connectivity index (χ0v) is 15.7. The van der Waals surface area contributed by atoms with Crippen LogP contribution < -0.4 is 0 Å². The Kier molecular flexibility index (Phi) is 8.99. The molecule has 0 aromatic rings. The lowest BCUT2D eigenvalue weighted by molar-refractivity contribution is 0.136. The molecule has 1 aliphatic carbocycles. The second kappa shape index (κ2) is 9.93. The summed E-state index contributed by atoms with van der Waals surface area (Å²) in [4.78, 5) is 2.32. The third kappa shape index (κ3) is 11.0. The Labute approximate surface area is 140 Å². The van der Waals surface area contributed by atoms with E-state index in [1.54, 1.807) is 0 Å². The van der Waals surface area contributed by atoms with E-state index >= 15 is 0 Å². The lowest BCUT2D eigenvalue weighted by Crippen LogP contribution is -2.39. The first-order valence-electron chi connectivity index (χ1n) is 8.10. The van der Waals surface area contributed by atoms with E-state index in [1.807, 2.05) is 0 Å². The monoisotopic (exact) mass is 371 g/mol. The lowest BCUT2D eigenvalue weighted by Gasteiger charge is -2.34. The highest BCUT2D eigenvalue weighted by molar-refractivity contribution is 7.86. The zero-order valence-electron chi connectivity index (χ0n) is 14.1. The van der Waals surface area contributed by atoms with Crippen LogP contribution in [0.15, 0.2) is 0 Å². The van der Waals surface area contributed by atoms with Gasteiger partial charge in [0.15, 0.2) is 0 Å². The predicted molar refractivity (Wildman–Crippen MR) is 89.3 cm³/mol. The first-order valence-corrected chi connectivity index (χ1v) is 11.7. The van der Waals surface area contributed by atoms with Crippen molar-refractivity contribution in [3.8, 4) is 0 Å². The molecule has 0 amide bonds. The molecule has 1 rings (SSSR count). The molecule has 1 fully saturated rings. The van der Waals surface area contributed by atoms with Crippen LogP contribution >= 0.6 is 0 Å². The van der Waals surface area contributed by atoms with E-state index in [4.69, 9.17) is 8.37 Å². The quantitative estimate of drug-likeness (QED) is 0.400. The summed E-state index contributed by atoms with van der Waals surface area (Å²) in [7, 11) is -6.78. The van der Waals surface area contributed by atoms with Gasteiger partial charge in [0.2, 0.25) is 0 Å². The Morgan fingerprint density at radius 1 is 0.826 bits per heavy atom. The predicted octanol–water partition coefficient (Wildman–Crippen LogP) is 1.35. The van der Waals surface area contributed by atoms with Crippen LogP contribution in [0, 0.1) is 0 Å². The van der Waals surface area contributed by atoms with Crippen molar-refractivity contribution in [2.45, 2.75) is 51.0 Å². The average Bonchev–Trinajstić information content (AvgIpc) is 2.44. The van der Waals surface area contributed by atoms with E-state index in [0.29, 0.717) is 18.9 Å². The van der Waals surface area contributed by atoms with Gasteiger partial charge in [-0.1, -0.05) is 19.3 Å². The van der Waals surface area contributed by atoms with Crippen molar-refractivity contribution in [1.29, 1.82) is 0 Å². The molecule has 1 saturated carbocycles. The van der Waals surface area contributed by atoms with Gasteiger partial charge in [-0.2, -0.15) is 16.8 Å². The number of hydrogen-bond acceptors (Lipinski definition) is 7. The van der Waals surface area contributed by atoms with Crippen LogP contribution in [0.2, 0.25) is 0 Å². The van der Waals surface area contributed by atoms with E-state index in [-0.39, 0.29) is 13.2 Å². The van der Waals surface area contributed by atoms with E-state index < -0.39 is 20.2 Å². The molecule has 0 radical (unpaired) electrons. The van der Waals surface area contributed by atoms with Crippen LogP contribution in [0.3, 0.4) is 0 Å². The van der Waals surface area contributed by atoms with Gasteiger partial charge in [0.1, 0.15) is 0 Å². The average molecular weight is 372 g/mol. The molecule has 23 heavy (non-hydrogen) atoms. The Balaban J connectivity index is 2.38. The molecule has 0 aromatic carbocycles. The summed E-state index contributed by atoms with van der Waals surface area (Å²) >= 11 is 0. The summed E-state index contributed by atoms with van der Waals surface area (Å²) in [6.45, 7) is 1.86. The largest absolute Gasteiger partial charge is 0.300 e. The minimum absolute atomic E-state index is 0.182. The van der Waals surface area contributed by atoms with Crippen LogP contribution in [0.5, 0.6) is 0 Å². The fourth-order valence-corrected chi connectivity index (χ4v) is 3.72. The summed E-state index contributed by atoms with van der Waals surface area (Å²) in [5.74, 6) is 0. The van der Waals surface area contributed by atoms with Crippen molar-refractivity contribution in [3.05, 3.63) is 0 Å². The molecule has 7 nitrogen and oxygen atoms in total. The normalized spacial score (nSPS) is 17.7. The summed E-state index contributed by atoms with van der Waals surface area (Å²) in [6.07, 6.45) is 9.33. The second-order valence-electron chi connectivity index (χ2n) is 6.09. The van der Waals surface area contributed by atoms with Crippen molar-refractivity contribution in [3.63, 3.8) is 0 Å². The van der Waals surface area contributed by atoms with Crippen LogP contribution in [0.1, 0.15) is 44.9 Å². The summed E-state index contributed by atoms with van der Waals surface area (Å²) in [5, 5.41) is 0. The van der Waals surface area contributed by atoms with Crippen molar-refractivity contribution in [2.24, 2.45) is 0 Å². The number of rotatable bonds is 11. The molecule has 0 spiro atoms. The highest BCUT2D eigenvalue weighted by atomic mass is 32.2. The van der Waals surface area contributed by atoms with Crippen LogP contribution in [0.4, 0.5) is 0 Å². The topological polar surface area (TPSA) is 90.0 Å². The van der Waals surface area contributed by atoms with Gasteiger partial charge in [0.05, 0.1) is 25.7 Å². The molecule has 0 saturated heterocycles. The molecule has 0 aromatic heterocycles. The van der Waals surface area contributed by atoms with E-state index in [1.165, 1.54) is 19.3 Å². The minimum atomic E-state index is -3.39. The van der Waals surface area contributed by atoms with Gasteiger partial charge >= 0.3 is 0 Å². The number of hydrogen-bond donors (Lipinski definition) is 0. The second-order valence-corrected chi connectivity index (χ2v) is 9.38. The third-order valence-electron chi connectivity index (χ3n) is 3.87. The van der Waals surface area contributed by atoms with Gasteiger partial charge in [0, 0.05) is 19.1 Å². The van der Waals surface area contributed by atoms with Crippen molar-refractivity contribution < 1.29 is 25.2 Å². The maximum Gasteiger partial charge on any atom is 0.264 e. The SMILES string of the molecule is CS(=O)(=O)OCCCN(CCCOS(C)(=O)=O)C1CCCCC1. The minimum Gasteiger partial charge on any atom is -0.300 e. The fourth-order valence-electron chi connectivity index (χ4n) is 2.88. The van der Waals surface area contributed by atoms with Crippen LogP contribution in [0.25, 0.3) is 0 Å². The molecule has 0 aliphatic heterocycles. The van der Waals surface area contributed by atoms with Crippen molar-refractivity contribution >= 4 is 20.2 Å². The molecule has 9 heteroatoms. The molecular weight excluding hydrogens is 342 g/mol. The van der Waals surface area contributed by atoms with E-state index in [9.17, 15) is 16.8 Å². The Bertz CT molecular complexity index is 485. The Morgan fingerprint density at radius 3 is 1.65 bits per heavy atom. The molecule has 0 N–H and O–H groups in total. The van der Waals surface area contributed by atoms with Gasteiger partial charge in [-0.05, 0) is 25.7 Å². The molecule has 0 atom stereocenters. The zero-order chi connectivity index (χ0) is 17.3. The molecule has 1 aliphatic rings. The van der Waals surface area contributed by atoms with Crippen LogP contribution in [-0.2, 0) is 28.6 Å². The highest BCUT2D eigenvalue weighted by Gasteiger charge is 2.20. The van der Waals surface area contributed by atoms with Gasteiger partial charge in [0.25, 0.3) is 20.2 Å². The summed E-state index contributed by atoms with van der Waals surface area (Å²) < 4.78 is 53.5. The molecule has 138 valence electrons. The van der Waals surface area contributed by atoms with Crippen LogP contribution in [-0.4, -0.2) is 66.6 Å². The Hall–Kier alpha value is -0.220. The third-order valence-corrected chi connectivity index (χ3v) is 5.05. The summed E-state index contributed by atoms with van der Waals surface area (Å²) in [5.41, 5.74) is 0. The van der Waals surface area contributed by atoms with Gasteiger partial charge < -0.3 is 4.90 Å². The molecule has 0 unspecified atom stereocenters. The van der Waals surface area contributed by atoms with Crippen molar-refractivity contribution in [2.75, 3.05) is 38.8 Å². The first-order chi connectivity index (χ1) is 10.7. The Morgan fingerprint density at radius 2 is 1.26 bits per heavy atom. The van der Waals surface area contributed by atoms with E-state index in [2.05, 4.69) is 4.90 Å². The summed E-state index contributed by atoms with van der Waals surface area (Å²) in [6, 6.07) is 0.486. The molecular formula is C14H29NO6S2. The van der Waals surface area contributed by atoms with E-state index in [0.717, 1.165) is 38.4 Å². The lowest BCUT2D eigenvalue weighted by atomic mass is 9.94. The fraction of sp³-hybridized carbons (Fsp3) is 1.00. The first kappa shape index (κ1) is 20.8. The smallest absolute Gasteiger partial charge is 0.264 e. The van der Waals surface area contributed by atoms with Crippen molar-refractivity contribution in [1.82, 2.24) is 4.90 Å². The molecule has 0 bridgehead atoms. The highest BCUT2D eigenvalue weighted by Crippen LogP contribution is 2.23. The van der Waals surface area contributed by atoms with Gasteiger partial charge in [-0.25, -0.2) is 0 Å². The van der Waals surface area contributed by atoms with Gasteiger partial charge in [-0.15, -0.1) is 0 Å².